The van der Waals surface area contributed by atoms with E-state index in [1.165, 1.54) is 12.5 Å². The van der Waals surface area contributed by atoms with Gasteiger partial charge in [0.1, 0.15) is 11.3 Å². The fourth-order valence-electron chi connectivity index (χ4n) is 3.08. The molecule has 0 saturated carbocycles. The van der Waals surface area contributed by atoms with Gasteiger partial charge in [0.2, 0.25) is 0 Å². The zero-order valence-corrected chi connectivity index (χ0v) is 21.1. The standard InChI is InChI=1S/C21H12BrCl2F3N4O2S/c1-7-11(22)18(33-2)13(24)17(12(7)23)31-21(32)8-5-34-19-16(8)28-6-29-20(19)30-10-4-3-9(25)14(26)15(10)27/h3-6H,1-2H3,(H,31,32)(H,28,29,30). The van der Waals surface area contributed by atoms with Crippen LogP contribution in [0.15, 0.2) is 28.3 Å². The van der Waals surface area contributed by atoms with Crippen molar-refractivity contribution in [1.82, 2.24) is 9.97 Å². The first-order chi connectivity index (χ1) is 16.1. The minimum Gasteiger partial charge on any atom is -0.494 e. The number of anilines is 3. The maximum atomic E-state index is 14.1. The average molecular weight is 592 g/mol. The summed E-state index contributed by atoms with van der Waals surface area (Å²) in [5.41, 5.74) is 0.852. The Bertz CT molecular complexity index is 1470. The number of ether oxygens (including phenoxy) is 1. The minimum atomic E-state index is -1.62. The highest BCUT2D eigenvalue weighted by atomic mass is 79.9. The zero-order chi connectivity index (χ0) is 24.7. The predicted molar refractivity (Wildman–Crippen MR) is 130 cm³/mol. The van der Waals surface area contributed by atoms with E-state index in [1.54, 1.807) is 6.92 Å². The lowest BCUT2D eigenvalue weighted by Gasteiger charge is -2.16. The molecule has 0 saturated heterocycles. The summed E-state index contributed by atoms with van der Waals surface area (Å²) in [4.78, 5) is 21.3. The van der Waals surface area contributed by atoms with Gasteiger partial charge in [-0.1, -0.05) is 23.2 Å². The number of thiophene rings is 1. The first-order valence-electron chi connectivity index (χ1n) is 9.30. The van der Waals surface area contributed by atoms with Crippen molar-refractivity contribution in [2.24, 2.45) is 0 Å². The third-order valence-corrected chi connectivity index (χ3v) is 7.59. The Kier molecular flexibility index (Phi) is 6.90. The summed E-state index contributed by atoms with van der Waals surface area (Å²) in [5.74, 6) is -4.49. The van der Waals surface area contributed by atoms with Gasteiger partial charge in [0.25, 0.3) is 5.91 Å². The molecule has 0 fully saturated rings. The smallest absolute Gasteiger partial charge is 0.258 e. The number of hydrogen-bond donors (Lipinski definition) is 2. The van der Waals surface area contributed by atoms with Crippen LogP contribution in [0.25, 0.3) is 10.2 Å². The van der Waals surface area contributed by atoms with Crippen LogP contribution in [0.2, 0.25) is 10.0 Å². The van der Waals surface area contributed by atoms with Gasteiger partial charge in [0, 0.05) is 5.38 Å². The molecule has 2 N–H and O–H groups in total. The molecule has 0 unspecified atom stereocenters. The van der Waals surface area contributed by atoms with Crippen LogP contribution in [0.5, 0.6) is 5.75 Å². The van der Waals surface area contributed by atoms with Gasteiger partial charge < -0.3 is 15.4 Å². The number of amides is 1. The third-order valence-electron chi connectivity index (χ3n) is 4.83. The van der Waals surface area contributed by atoms with Crippen LogP contribution in [0.1, 0.15) is 15.9 Å². The van der Waals surface area contributed by atoms with Gasteiger partial charge in [0.05, 0.1) is 43.8 Å². The molecule has 0 aliphatic heterocycles. The minimum absolute atomic E-state index is 0.101. The molecular formula is C21H12BrCl2F3N4O2S. The number of carbonyl (C=O) groups excluding carboxylic acids is 1. The third kappa shape index (κ3) is 4.17. The first kappa shape index (κ1) is 24.5. The molecule has 0 radical (unpaired) electrons. The molecule has 13 heteroatoms. The lowest BCUT2D eigenvalue weighted by atomic mass is 10.2. The maximum Gasteiger partial charge on any atom is 0.258 e. The molecule has 2 aromatic carbocycles. The van der Waals surface area contributed by atoms with E-state index in [9.17, 15) is 18.0 Å². The number of nitrogens with zero attached hydrogens (tertiary/aromatic N) is 2. The van der Waals surface area contributed by atoms with E-state index in [2.05, 4.69) is 36.5 Å². The molecule has 4 aromatic rings. The molecule has 1 amide bonds. The molecular weight excluding hydrogens is 580 g/mol. The van der Waals surface area contributed by atoms with Gasteiger partial charge in [0.15, 0.2) is 29.0 Å². The van der Waals surface area contributed by atoms with Gasteiger partial charge in [-0.25, -0.2) is 23.1 Å². The number of halogens is 6. The van der Waals surface area contributed by atoms with Crippen molar-refractivity contribution in [3.8, 4) is 5.75 Å². The van der Waals surface area contributed by atoms with Gasteiger partial charge in [-0.15, -0.1) is 11.3 Å². The van der Waals surface area contributed by atoms with Crippen LogP contribution in [0.4, 0.5) is 30.4 Å². The van der Waals surface area contributed by atoms with Crippen molar-refractivity contribution in [2.45, 2.75) is 6.92 Å². The second kappa shape index (κ2) is 9.57. The lowest BCUT2D eigenvalue weighted by molar-refractivity contribution is 0.102. The zero-order valence-electron chi connectivity index (χ0n) is 17.2. The lowest BCUT2D eigenvalue weighted by Crippen LogP contribution is -2.13. The second-order valence-electron chi connectivity index (χ2n) is 6.83. The monoisotopic (exact) mass is 590 g/mol. The second-order valence-corrected chi connectivity index (χ2v) is 9.26. The number of aromatic nitrogens is 2. The fraction of sp³-hybridized carbons (Fsp3) is 0.0952. The van der Waals surface area contributed by atoms with Crippen LogP contribution in [-0.4, -0.2) is 23.0 Å². The van der Waals surface area contributed by atoms with Crippen molar-refractivity contribution < 1.29 is 22.7 Å². The Hall–Kier alpha value is -2.60. The highest BCUT2D eigenvalue weighted by Crippen LogP contribution is 2.46. The van der Waals surface area contributed by atoms with E-state index >= 15 is 0 Å². The number of hydrogen-bond acceptors (Lipinski definition) is 6. The van der Waals surface area contributed by atoms with Gasteiger partial charge >= 0.3 is 0 Å². The van der Waals surface area contributed by atoms with E-state index < -0.39 is 23.4 Å². The van der Waals surface area contributed by atoms with Gasteiger partial charge in [-0.3, -0.25) is 4.79 Å². The van der Waals surface area contributed by atoms with Crippen LogP contribution in [0.3, 0.4) is 0 Å². The summed E-state index contributed by atoms with van der Waals surface area (Å²) in [5, 5.41) is 7.13. The summed E-state index contributed by atoms with van der Waals surface area (Å²) in [6.07, 6.45) is 1.15. The number of methoxy groups -OCH3 is 1. The van der Waals surface area contributed by atoms with Crippen LogP contribution in [0, 0.1) is 24.4 Å². The first-order valence-corrected chi connectivity index (χ1v) is 11.7. The molecule has 0 aliphatic carbocycles. The number of benzene rings is 2. The Balaban J connectivity index is 1.71. The van der Waals surface area contributed by atoms with Crippen LogP contribution in [-0.2, 0) is 0 Å². The molecule has 0 atom stereocenters. The quantitative estimate of drug-likeness (QED) is 0.235. The molecule has 4 rings (SSSR count). The Labute approximate surface area is 213 Å². The van der Waals surface area contributed by atoms with Crippen molar-refractivity contribution in [3.05, 3.63) is 66.9 Å². The highest BCUT2D eigenvalue weighted by molar-refractivity contribution is 9.10. The number of fused-ring (bicyclic) bond motifs is 1. The van der Waals surface area contributed by atoms with E-state index in [-0.39, 0.29) is 38.3 Å². The average Bonchev–Trinajstić information content (AvgIpc) is 3.26. The molecule has 0 bridgehead atoms. The van der Waals surface area contributed by atoms with Crippen molar-refractivity contribution in [3.63, 3.8) is 0 Å². The normalized spacial score (nSPS) is 11.1. The number of carbonyl (C=O) groups is 1. The van der Waals surface area contributed by atoms with Crippen molar-refractivity contribution in [1.29, 1.82) is 0 Å². The number of nitrogens with one attached hydrogen (secondary N) is 2. The summed E-state index contributed by atoms with van der Waals surface area (Å²) in [7, 11) is 1.43. The topological polar surface area (TPSA) is 76.1 Å². The largest absolute Gasteiger partial charge is 0.494 e. The van der Waals surface area contributed by atoms with E-state index in [0.717, 1.165) is 29.8 Å². The highest BCUT2D eigenvalue weighted by Gasteiger charge is 2.24. The van der Waals surface area contributed by atoms with E-state index in [4.69, 9.17) is 27.9 Å². The van der Waals surface area contributed by atoms with Crippen LogP contribution < -0.4 is 15.4 Å². The van der Waals surface area contributed by atoms with Crippen LogP contribution >= 0.6 is 50.5 Å². The Morgan fingerprint density at radius 2 is 1.88 bits per heavy atom. The number of rotatable bonds is 5. The Morgan fingerprint density at radius 3 is 2.59 bits per heavy atom. The Morgan fingerprint density at radius 1 is 1.15 bits per heavy atom. The molecule has 0 spiro atoms. The summed E-state index contributed by atoms with van der Waals surface area (Å²) < 4.78 is 47.2. The summed E-state index contributed by atoms with van der Waals surface area (Å²) in [6, 6.07) is 1.82. The van der Waals surface area contributed by atoms with E-state index in [1.807, 2.05) is 0 Å². The maximum absolute atomic E-state index is 14.1. The van der Waals surface area contributed by atoms with Gasteiger partial charge in [-0.2, -0.15) is 0 Å². The summed E-state index contributed by atoms with van der Waals surface area (Å²) in [6.45, 7) is 1.73. The van der Waals surface area contributed by atoms with E-state index in [0.29, 0.717) is 20.5 Å². The molecule has 2 heterocycles. The SMILES string of the molecule is COc1c(Cl)c(NC(=O)c2csc3c(Nc4ccc(F)c(F)c4F)ncnc23)c(Cl)c(C)c1Br. The summed E-state index contributed by atoms with van der Waals surface area (Å²) >= 11 is 17.2. The molecule has 34 heavy (non-hydrogen) atoms. The fourth-order valence-corrected chi connectivity index (χ4v) is 5.41. The predicted octanol–water partition coefficient (Wildman–Crippen LogP) is 7.49. The van der Waals surface area contributed by atoms with Crippen molar-refractivity contribution in [2.75, 3.05) is 17.7 Å². The van der Waals surface area contributed by atoms with Gasteiger partial charge in [-0.05, 0) is 40.5 Å². The van der Waals surface area contributed by atoms with Crippen molar-refractivity contribution >= 4 is 83.8 Å². The molecule has 2 aromatic heterocycles. The molecule has 176 valence electrons. The molecule has 6 nitrogen and oxygen atoms in total. The molecule has 0 aliphatic rings.